The Hall–Kier alpha value is -2.17. The van der Waals surface area contributed by atoms with Crippen molar-refractivity contribution in [3.8, 4) is 22.8 Å². The molecule has 0 amide bonds. The second-order valence-electron chi connectivity index (χ2n) is 3.23. The van der Waals surface area contributed by atoms with Crippen LogP contribution in [0.4, 0.5) is 5.69 Å². The van der Waals surface area contributed by atoms with Crippen LogP contribution in [0.15, 0.2) is 28.9 Å². The van der Waals surface area contributed by atoms with Gasteiger partial charge in [-0.1, -0.05) is 5.16 Å². The van der Waals surface area contributed by atoms with Crippen molar-refractivity contribution >= 4 is 5.69 Å². The van der Waals surface area contributed by atoms with Gasteiger partial charge in [-0.3, -0.25) is 0 Å². The zero-order valence-electron chi connectivity index (χ0n) is 8.80. The summed E-state index contributed by atoms with van der Waals surface area (Å²) >= 11 is 0. The van der Waals surface area contributed by atoms with E-state index in [4.69, 9.17) is 15.0 Å². The molecule has 0 bridgehead atoms. The number of nitrogens with two attached hydrogens (primary N) is 1. The largest absolute Gasteiger partial charge is 0.504 e. The summed E-state index contributed by atoms with van der Waals surface area (Å²) in [5.74, 6) is 0.959. The first-order valence-electron chi connectivity index (χ1n) is 4.88. The van der Waals surface area contributed by atoms with Crippen LogP contribution in [0.1, 0.15) is 6.92 Å². The molecule has 5 heteroatoms. The summed E-state index contributed by atoms with van der Waals surface area (Å²) in [5.41, 5.74) is 6.85. The molecular formula is C11H12N2O3. The van der Waals surface area contributed by atoms with Gasteiger partial charge in [0.25, 0.3) is 0 Å². The third kappa shape index (κ3) is 1.79. The average Bonchev–Trinajstić information content (AvgIpc) is 2.68. The Bertz CT molecular complexity index is 494. The normalized spacial score (nSPS) is 10.3. The first-order valence-corrected chi connectivity index (χ1v) is 4.88. The van der Waals surface area contributed by atoms with Crippen LogP contribution in [0, 0.1) is 0 Å². The first kappa shape index (κ1) is 10.4. The summed E-state index contributed by atoms with van der Waals surface area (Å²) < 4.78 is 10.3. The second-order valence-corrected chi connectivity index (χ2v) is 3.23. The number of hydrogen-bond donors (Lipinski definition) is 2. The van der Waals surface area contributed by atoms with E-state index >= 15 is 0 Å². The highest BCUT2D eigenvalue weighted by atomic mass is 16.5. The fraction of sp³-hybridized carbons (Fsp3) is 0.182. The Morgan fingerprint density at radius 1 is 1.50 bits per heavy atom. The van der Waals surface area contributed by atoms with Crippen molar-refractivity contribution < 1.29 is 14.4 Å². The van der Waals surface area contributed by atoms with Gasteiger partial charge in [0.05, 0.1) is 12.8 Å². The van der Waals surface area contributed by atoms with E-state index in [9.17, 15) is 5.11 Å². The lowest BCUT2D eigenvalue weighted by atomic mass is 10.1. The van der Waals surface area contributed by atoms with Gasteiger partial charge in [-0.05, 0) is 25.1 Å². The van der Waals surface area contributed by atoms with Gasteiger partial charge >= 0.3 is 0 Å². The van der Waals surface area contributed by atoms with Crippen molar-refractivity contribution in [3.05, 3.63) is 24.4 Å². The van der Waals surface area contributed by atoms with Gasteiger partial charge in [0.1, 0.15) is 5.69 Å². The Labute approximate surface area is 92.4 Å². The number of nitrogen functional groups attached to an aromatic ring is 1. The maximum Gasteiger partial charge on any atom is 0.189 e. The molecule has 0 radical (unpaired) electrons. The molecule has 0 saturated carbocycles. The molecule has 0 saturated heterocycles. The van der Waals surface area contributed by atoms with Crippen LogP contribution in [0.25, 0.3) is 11.3 Å². The molecule has 0 fully saturated rings. The Balaban J connectivity index is 2.43. The molecule has 1 aromatic carbocycles. The lowest BCUT2D eigenvalue weighted by Gasteiger charge is -2.06. The molecular weight excluding hydrogens is 208 g/mol. The van der Waals surface area contributed by atoms with Crippen LogP contribution < -0.4 is 10.5 Å². The van der Waals surface area contributed by atoms with E-state index in [1.807, 2.05) is 6.92 Å². The molecule has 0 aliphatic heterocycles. The zero-order chi connectivity index (χ0) is 11.5. The van der Waals surface area contributed by atoms with Crippen LogP contribution in [0.3, 0.4) is 0 Å². The first-order chi connectivity index (χ1) is 7.72. The molecule has 0 unspecified atom stereocenters. The molecule has 1 aromatic heterocycles. The third-order valence-corrected chi connectivity index (χ3v) is 2.12. The lowest BCUT2D eigenvalue weighted by molar-refractivity contribution is 0.318. The van der Waals surface area contributed by atoms with Gasteiger partial charge < -0.3 is 20.1 Å². The molecule has 0 aliphatic rings. The summed E-state index contributed by atoms with van der Waals surface area (Å²) in [4.78, 5) is 0. The maximum absolute atomic E-state index is 9.53. The molecule has 5 nitrogen and oxygen atoms in total. The van der Waals surface area contributed by atoms with Gasteiger partial charge in [0.15, 0.2) is 17.3 Å². The third-order valence-electron chi connectivity index (χ3n) is 2.12. The van der Waals surface area contributed by atoms with Crippen molar-refractivity contribution in [2.24, 2.45) is 0 Å². The molecule has 2 aromatic rings. The van der Waals surface area contributed by atoms with Gasteiger partial charge in [0.2, 0.25) is 0 Å². The highest BCUT2D eigenvalue weighted by Crippen LogP contribution is 2.33. The molecule has 3 N–H and O–H groups in total. The van der Waals surface area contributed by atoms with Crippen LogP contribution in [-0.2, 0) is 0 Å². The van der Waals surface area contributed by atoms with Crippen molar-refractivity contribution in [2.75, 3.05) is 12.3 Å². The lowest BCUT2D eigenvalue weighted by Crippen LogP contribution is -1.92. The SMILES string of the molecule is CCOc1cc(-c2oncc2N)ccc1O. The molecule has 16 heavy (non-hydrogen) atoms. The number of hydrogen-bond acceptors (Lipinski definition) is 5. The smallest absolute Gasteiger partial charge is 0.189 e. The van der Waals surface area contributed by atoms with Crippen LogP contribution in [0.5, 0.6) is 11.5 Å². The number of phenolic OH excluding ortho intramolecular Hbond substituents is 1. The summed E-state index contributed by atoms with van der Waals surface area (Å²) in [7, 11) is 0. The van der Waals surface area contributed by atoms with Crippen molar-refractivity contribution in [1.82, 2.24) is 5.16 Å². The monoisotopic (exact) mass is 220 g/mol. The number of phenols is 1. The van der Waals surface area contributed by atoms with E-state index in [1.165, 1.54) is 12.3 Å². The van der Waals surface area contributed by atoms with Crippen LogP contribution in [-0.4, -0.2) is 16.9 Å². The Kier molecular flexibility index (Phi) is 2.68. The summed E-state index contributed by atoms with van der Waals surface area (Å²) in [6, 6.07) is 4.88. The average molecular weight is 220 g/mol. The summed E-state index contributed by atoms with van der Waals surface area (Å²) in [5, 5.41) is 13.1. The number of aromatic hydroxyl groups is 1. The number of rotatable bonds is 3. The number of benzene rings is 1. The quantitative estimate of drug-likeness (QED) is 0.827. The van der Waals surface area contributed by atoms with Gasteiger partial charge in [-0.15, -0.1) is 0 Å². The van der Waals surface area contributed by atoms with Crippen molar-refractivity contribution in [3.63, 3.8) is 0 Å². The zero-order valence-corrected chi connectivity index (χ0v) is 8.80. The predicted molar refractivity (Wildman–Crippen MR) is 59.2 cm³/mol. The predicted octanol–water partition coefficient (Wildman–Crippen LogP) is 2.03. The minimum atomic E-state index is 0.0867. The van der Waals surface area contributed by atoms with Crippen LogP contribution in [0.2, 0.25) is 0 Å². The summed E-state index contributed by atoms with van der Waals surface area (Å²) in [6.07, 6.45) is 1.43. The molecule has 0 aliphatic carbocycles. The molecule has 1 heterocycles. The number of anilines is 1. The number of nitrogens with zero attached hydrogens (tertiary/aromatic N) is 1. The van der Waals surface area contributed by atoms with E-state index < -0.39 is 0 Å². The summed E-state index contributed by atoms with van der Waals surface area (Å²) in [6.45, 7) is 2.32. The molecule has 84 valence electrons. The van der Waals surface area contributed by atoms with Crippen molar-refractivity contribution in [2.45, 2.75) is 6.92 Å². The standard InChI is InChI=1S/C11H12N2O3/c1-2-15-10-5-7(3-4-9(10)14)11-8(12)6-13-16-11/h3-6,14H,2,12H2,1H3. The fourth-order valence-corrected chi connectivity index (χ4v) is 1.39. The van der Waals surface area contributed by atoms with E-state index in [-0.39, 0.29) is 5.75 Å². The fourth-order valence-electron chi connectivity index (χ4n) is 1.39. The van der Waals surface area contributed by atoms with Gasteiger partial charge in [0, 0.05) is 5.56 Å². The Morgan fingerprint density at radius 3 is 2.94 bits per heavy atom. The maximum atomic E-state index is 9.53. The van der Waals surface area contributed by atoms with E-state index in [2.05, 4.69) is 5.16 Å². The molecule has 0 spiro atoms. The number of aromatic nitrogens is 1. The van der Waals surface area contributed by atoms with Crippen molar-refractivity contribution in [1.29, 1.82) is 0 Å². The van der Waals surface area contributed by atoms with Gasteiger partial charge in [-0.25, -0.2) is 0 Å². The van der Waals surface area contributed by atoms with Crippen LogP contribution >= 0.6 is 0 Å². The number of ether oxygens (including phenoxy) is 1. The van der Waals surface area contributed by atoms with E-state index in [1.54, 1.807) is 12.1 Å². The van der Waals surface area contributed by atoms with E-state index in [0.717, 1.165) is 5.56 Å². The minimum Gasteiger partial charge on any atom is -0.504 e. The Morgan fingerprint density at radius 2 is 2.31 bits per heavy atom. The van der Waals surface area contributed by atoms with E-state index in [0.29, 0.717) is 23.8 Å². The highest BCUT2D eigenvalue weighted by Gasteiger charge is 2.11. The molecule has 0 atom stereocenters. The second kappa shape index (κ2) is 4.14. The topological polar surface area (TPSA) is 81.5 Å². The highest BCUT2D eigenvalue weighted by molar-refractivity contribution is 5.72. The molecule has 2 rings (SSSR count). The van der Waals surface area contributed by atoms with Gasteiger partial charge in [-0.2, -0.15) is 0 Å². The minimum absolute atomic E-state index is 0.0867.